The molecule has 4 aromatic rings. The molecule has 29 heavy (non-hydrogen) atoms. The van der Waals surface area contributed by atoms with Gasteiger partial charge in [-0.05, 0) is 42.8 Å². The number of imidazole rings is 1. The van der Waals surface area contributed by atoms with Gasteiger partial charge < -0.3 is 15.4 Å². The van der Waals surface area contributed by atoms with Crippen LogP contribution in [-0.2, 0) is 6.54 Å². The second-order valence-corrected chi connectivity index (χ2v) is 7.23. The summed E-state index contributed by atoms with van der Waals surface area (Å²) in [6.07, 6.45) is 3.14. The first kappa shape index (κ1) is 17.7. The van der Waals surface area contributed by atoms with Crippen molar-refractivity contribution in [3.05, 3.63) is 78.5 Å². The first-order valence-electron chi connectivity index (χ1n) is 9.95. The third-order valence-electron chi connectivity index (χ3n) is 5.13. The van der Waals surface area contributed by atoms with E-state index in [4.69, 9.17) is 9.84 Å². The van der Waals surface area contributed by atoms with Crippen molar-refractivity contribution in [2.24, 2.45) is 0 Å². The zero-order chi connectivity index (χ0) is 19.5. The van der Waals surface area contributed by atoms with Gasteiger partial charge in [0.05, 0.1) is 11.9 Å². The largest absolute Gasteiger partial charge is 0.489 e. The lowest BCUT2D eigenvalue weighted by Gasteiger charge is -2.13. The van der Waals surface area contributed by atoms with Gasteiger partial charge in [-0.1, -0.05) is 42.5 Å². The van der Waals surface area contributed by atoms with Crippen molar-refractivity contribution in [2.75, 3.05) is 18.4 Å². The van der Waals surface area contributed by atoms with Crippen molar-refractivity contribution in [3.63, 3.8) is 0 Å². The van der Waals surface area contributed by atoms with Crippen molar-refractivity contribution in [1.29, 1.82) is 0 Å². The molecular weight excluding hydrogens is 362 g/mol. The minimum absolute atomic E-state index is 0.236. The molecule has 2 aromatic carbocycles. The number of aromatic nitrogens is 3. The first-order valence-corrected chi connectivity index (χ1v) is 9.95. The molecule has 1 saturated heterocycles. The Bertz CT molecular complexity index is 1100. The average Bonchev–Trinajstić information content (AvgIpc) is 3.43. The summed E-state index contributed by atoms with van der Waals surface area (Å²) in [4.78, 5) is 4.51. The van der Waals surface area contributed by atoms with Crippen LogP contribution in [-0.4, -0.2) is 33.8 Å². The highest BCUT2D eigenvalue weighted by molar-refractivity contribution is 5.65. The fourth-order valence-electron chi connectivity index (χ4n) is 3.60. The monoisotopic (exact) mass is 385 g/mol. The molecule has 2 N–H and O–H groups in total. The van der Waals surface area contributed by atoms with E-state index in [1.165, 1.54) is 5.56 Å². The lowest BCUT2D eigenvalue weighted by atomic mass is 10.1. The van der Waals surface area contributed by atoms with Crippen LogP contribution in [0, 0.1) is 0 Å². The highest BCUT2D eigenvalue weighted by Gasteiger charge is 2.16. The quantitative estimate of drug-likeness (QED) is 0.529. The van der Waals surface area contributed by atoms with Crippen molar-refractivity contribution in [3.8, 4) is 17.0 Å². The van der Waals surface area contributed by atoms with Gasteiger partial charge in [-0.15, -0.1) is 5.10 Å². The van der Waals surface area contributed by atoms with Gasteiger partial charge >= 0.3 is 0 Å². The summed E-state index contributed by atoms with van der Waals surface area (Å²) in [6.45, 7) is 2.64. The van der Waals surface area contributed by atoms with Gasteiger partial charge in [0, 0.05) is 18.7 Å². The van der Waals surface area contributed by atoms with Crippen LogP contribution in [0.1, 0.15) is 12.0 Å². The average molecular weight is 385 g/mol. The second-order valence-electron chi connectivity index (χ2n) is 7.23. The van der Waals surface area contributed by atoms with Gasteiger partial charge in [-0.3, -0.25) is 0 Å². The molecule has 2 aromatic heterocycles. The minimum atomic E-state index is 0.236. The Kier molecular flexibility index (Phi) is 4.84. The zero-order valence-electron chi connectivity index (χ0n) is 16.1. The molecule has 0 amide bonds. The Labute approximate surface area is 169 Å². The van der Waals surface area contributed by atoms with Crippen molar-refractivity contribution in [2.45, 2.75) is 19.1 Å². The molecule has 3 heterocycles. The van der Waals surface area contributed by atoms with Crippen LogP contribution >= 0.6 is 0 Å². The number of hydrogen-bond acceptors (Lipinski definition) is 5. The number of ether oxygens (including phenoxy) is 1. The van der Waals surface area contributed by atoms with Gasteiger partial charge in [0.2, 0.25) is 0 Å². The van der Waals surface area contributed by atoms with Gasteiger partial charge in [0.25, 0.3) is 0 Å². The molecule has 5 rings (SSSR count). The van der Waals surface area contributed by atoms with Crippen LogP contribution < -0.4 is 15.4 Å². The Morgan fingerprint density at radius 1 is 1.07 bits per heavy atom. The highest BCUT2D eigenvalue weighted by Crippen LogP contribution is 2.26. The molecule has 0 saturated carbocycles. The normalized spacial score (nSPS) is 16.2. The minimum Gasteiger partial charge on any atom is -0.489 e. The summed E-state index contributed by atoms with van der Waals surface area (Å²) in [6, 6.07) is 22.4. The van der Waals surface area contributed by atoms with Crippen molar-refractivity contribution in [1.82, 2.24) is 19.9 Å². The summed E-state index contributed by atoms with van der Waals surface area (Å²) in [5.41, 5.74) is 4.01. The van der Waals surface area contributed by atoms with Crippen LogP contribution in [0.5, 0.6) is 5.75 Å². The summed E-state index contributed by atoms with van der Waals surface area (Å²) in [5.74, 6) is 1.69. The van der Waals surface area contributed by atoms with E-state index in [2.05, 4.69) is 39.9 Å². The Morgan fingerprint density at radius 3 is 2.86 bits per heavy atom. The highest BCUT2D eigenvalue weighted by atomic mass is 16.5. The number of rotatable bonds is 6. The van der Waals surface area contributed by atoms with E-state index in [9.17, 15) is 0 Å². The van der Waals surface area contributed by atoms with E-state index in [1.54, 1.807) is 0 Å². The standard InChI is InChI=1S/C23H23N5O/c1-2-5-17(6-3-1)14-25-22-9-10-23-26-16-21(28(23)27-22)18-7-4-8-19(13-18)29-20-11-12-24-15-20/h1-10,13,16,20,24H,11-12,14-15H2,(H,25,27). The molecule has 146 valence electrons. The smallest absolute Gasteiger partial charge is 0.154 e. The lowest BCUT2D eigenvalue weighted by molar-refractivity contribution is 0.223. The summed E-state index contributed by atoms with van der Waals surface area (Å²) in [5, 5.41) is 11.5. The van der Waals surface area contributed by atoms with E-state index in [-0.39, 0.29) is 6.10 Å². The number of hydrogen-bond donors (Lipinski definition) is 2. The van der Waals surface area contributed by atoms with Gasteiger partial charge in [0.1, 0.15) is 17.7 Å². The van der Waals surface area contributed by atoms with Crippen LogP contribution in [0.25, 0.3) is 16.9 Å². The third-order valence-corrected chi connectivity index (χ3v) is 5.13. The van der Waals surface area contributed by atoms with Gasteiger partial charge in [-0.2, -0.15) is 0 Å². The number of nitrogens with zero attached hydrogens (tertiary/aromatic N) is 3. The van der Waals surface area contributed by atoms with Gasteiger partial charge in [-0.25, -0.2) is 9.50 Å². The maximum Gasteiger partial charge on any atom is 0.154 e. The fraction of sp³-hybridized carbons (Fsp3) is 0.217. The summed E-state index contributed by atoms with van der Waals surface area (Å²) < 4.78 is 7.99. The van der Waals surface area contributed by atoms with Crippen molar-refractivity contribution < 1.29 is 4.74 Å². The molecule has 0 aliphatic carbocycles. The topological polar surface area (TPSA) is 63.5 Å². The van der Waals surface area contributed by atoms with Crippen molar-refractivity contribution >= 4 is 11.5 Å². The maximum atomic E-state index is 6.11. The Morgan fingerprint density at radius 2 is 2.00 bits per heavy atom. The van der Waals surface area contributed by atoms with E-state index in [0.29, 0.717) is 0 Å². The molecule has 0 spiro atoms. The molecule has 6 nitrogen and oxygen atoms in total. The predicted molar refractivity (Wildman–Crippen MR) is 114 cm³/mol. The first-order chi connectivity index (χ1) is 14.3. The number of benzene rings is 2. The van der Waals surface area contributed by atoms with Crippen LogP contribution in [0.15, 0.2) is 72.9 Å². The van der Waals surface area contributed by atoms with E-state index >= 15 is 0 Å². The molecule has 0 radical (unpaired) electrons. The maximum absolute atomic E-state index is 6.11. The molecular formula is C23H23N5O. The van der Waals surface area contributed by atoms with E-state index in [1.807, 2.05) is 53.2 Å². The summed E-state index contributed by atoms with van der Waals surface area (Å²) >= 11 is 0. The Balaban J connectivity index is 1.40. The SMILES string of the molecule is c1ccc(CNc2ccc3ncc(-c4cccc(OC5CCNC5)c4)n3n2)cc1. The lowest BCUT2D eigenvalue weighted by Crippen LogP contribution is -2.19. The predicted octanol–water partition coefficient (Wildman–Crippen LogP) is 3.75. The molecule has 1 fully saturated rings. The van der Waals surface area contributed by atoms with Crippen LogP contribution in [0.3, 0.4) is 0 Å². The molecule has 1 aliphatic heterocycles. The molecule has 1 unspecified atom stereocenters. The number of nitrogens with one attached hydrogen (secondary N) is 2. The zero-order valence-corrected chi connectivity index (χ0v) is 16.1. The van der Waals surface area contributed by atoms with E-state index in [0.717, 1.165) is 54.5 Å². The fourth-order valence-corrected chi connectivity index (χ4v) is 3.60. The third kappa shape index (κ3) is 3.93. The number of anilines is 1. The van der Waals surface area contributed by atoms with Crippen LogP contribution in [0.4, 0.5) is 5.82 Å². The number of fused-ring (bicyclic) bond motifs is 1. The molecule has 1 atom stereocenters. The van der Waals surface area contributed by atoms with Crippen LogP contribution in [0.2, 0.25) is 0 Å². The van der Waals surface area contributed by atoms with E-state index < -0.39 is 0 Å². The molecule has 1 aliphatic rings. The Hall–Kier alpha value is -3.38. The molecule has 0 bridgehead atoms. The second kappa shape index (κ2) is 7.93. The van der Waals surface area contributed by atoms with Gasteiger partial charge in [0.15, 0.2) is 5.65 Å². The summed E-state index contributed by atoms with van der Waals surface area (Å²) in [7, 11) is 0. The molecule has 6 heteroatoms.